The topological polar surface area (TPSA) is 86.0 Å². The third kappa shape index (κ3) is 5.76. The molecule has 0 saturated carbocycles. The Morgan fingerprint density at radius 2 is 1.88 bits per heavy atom. The Morgan fingerprint density at radius 1 is 1.12 bits per heavy atom. The Bertz CT molecular complexity index is 761. The SMILES string of the molecule is Cl.NC(N)=N/N=C/c1cccc(OCc2ccc(Cl)cc2Cl)c1Cl. The third-order valence-corrected chi connectivity index (χ3v) is 3.75. The summed E-state index contributed by atoms with van der Waals surface area (Å²) in [6.07, 6.45) is 1.43. The Balaban J connectivity index is 0.00000288. The van der Waals surface area contributed by atoms with E-state index in [0.29, 0.717) is 26.4 Å². The first-order valence-electron chi connectivity index (χ1n) is 6.44. The minimum absolute atomic E-state index is 0. The zero-order valence-corrected chi connectivity index (χ0v) is 15.3. The van der Waals surface area contributed by atoms with Gasteiger partial charge in [0.2, 0.25) is 5.96 Å². The number of guanidine groups is 1. The van der Waals surface area contributed by atoms with Crippen LogP contribution in [0.15, 0.2) is 46.6 Å². The summed E-state index contributed by atoms with van der Waals surface area (Å²) in [5.41, 5.74) is 11.8. The number of ether oxygens (including phenoxy) is 1. The van der Waals surface area contributed by atoms with Gasteiger partial charge in [-0.05, 0) is 18.2 Å². The van der Waals surface area contributed by atoms with Gasteiger partial charge in [0.25, 0.3) is 0 Å². The van der Waals surface area contributed by atoms with Gasteiger partial charge < -0.3 is 16.2 Å². The average Bonchev–Trinajstić information content (AvgIpc) is 2.49. The van der Waals surface area contributed by atoms with Crippen molar-refractivity contribution in [3.8, 4) is 5.75 Å². The van der Waals surface area contributed by atoms with Crippen molar-refractivity contribution in [3.05, 3.63) is 62.6 Å². The van der Waals surface area contributed by atoms with Gasteiger partial charge in [0.15, 0.2) is 0 Å². The van der Waals surface area contributed by atoms with Crippen LogP contribution in [-0.4, -0.2) is 12.2 Å². The lowest BCUT2D eigenvalue weighted by Crippen LogP contribution is -2.21. The van der Waals surface area contributed by atoms with Crippen LogP contribution in [0.5, 0.6) is 5.75 Å². The molecule has 2 rings (SSSR count). The van der Waals surface area contributed by atoms with Gasteiger partial charge in [0, 0.05) is 21.2 Å². The van der Waals surface area contributed by atoms with E-state index in [1.54, 1.807) is 36.4 Å². The second-order valence-electron chi connectivity index (χ2n) is 4.45. The highest BCUT2D eigenvalue weighted by molar-refractivity contribution is 6.35. The molecule has 0 amide bonds. The van der Waals surface area contributed by atoms with Crippen LogP contribution in [0.25, 0.3) is 0 Å². The second kappa shape index (κ2) is 9.59. The van der Waals surface area contributed by atoms with Crippen LogP contribution in [-0.2, 0) is 6.61 Å². The largest absolute Gasteiger partial charge is 0.487 e. The van der Waals surface area contributed by atoms with Gasteiger partial charge in [-0.1, -0.05) is 53.0 Å². The van der Waals surface area contributed by atoms with Crippen molar-refractivity contribution in [1.82, 2.24) is 0 Å². The highest BCUT2D eigenvalue weighted by Gasteiger charge is 2.08. The fourth-order valence-electron chi connectivity index (χ4n) is 1.69. The highest BCUT2D eigenvalue weighted by Crippen LogP contribution is 2.29. The van der Waals surface area contributed by atoms with Crippen molar-refractivity contribution in [2.45, 2.75) is 6.61 Å². The fourth-order valence-corrected chi connectivity index (χ4v) is 2.38. The maximum atomic E-state index is 6.27. The van der Waals surface area contributed by atoms with Gasteiger partial charge in [0.1, 0.15) is 12.4 Å². The summed E-state index contributed by atoms with van der Waals surface area (Å²) in [6.45, 7) is 0.254. The predicted molar refractivity (Wildman–Crippen MR) is 103 cm³/mol. The molecule has 0 aliphatic rings. The van der Waals surface area contributed by atoms with Crippen molar-refractivity contribution in [2.75, 3.05) is 0 Å². The van der Waals surface area contributed by atoms with Crippen molar-refractivity contribution < 1.29 is 4.74 Å². The van der Waals surface area contributed by atoms with E-state index in [1.807, 2.05) is 0 Å². The molecular formula is C15H14Cl4N4O. The maximum Gasteiger partial charge on any atom is 0.211 e. The molecule has 24 heavy (non-hydrogen) atoms. The number of nitrogens with zero attached hydrogens (tertiary/aromatic N) is 2. The maximum absolute atomic E-state index is 6.27. The summed E-state index contributed by atoms with van der Waals surface area (Å²) >= 11 is 18.2. The molecule has 0 fully saturated rings. The number of rotatable bonds is 5. The number of hydrogen-bond acceptors (Lipinski definition) is 3. The van der Waals surface area contributed by atoms with Gasteiger partial charge >= 0.3 is 0 Å². The van der Waals surface area contributed by atoms with E-state index in [-0.39, 0.29) is 25.0 Å². The molecule has 0 aromatic heterocycles. The molecular weight excluding hydrogens is 394 g/mol. The van der Waals surface area contributed by atoms with E-state index in [1.165, 1.54) is 6.21 Å². The lowest BCUT2D eigenvalue weighted by Gasteiger charge is -2.10. The monoisotopic (exact) mass is 406 g/mol. The first-order chi connectivity index (χ1) is 11.0. The van der Waals surface area contributed by atoms with E-state index < -0.39 is 0 Å². The molecule has 2 aromatic rings. The molecule has 9 heteroatoms. The van der Waals surface area contributed by atoms with Crippen LogP contribution in [0.1, 0.15) is 11.1 Å². The molecule has 0 bridgehead atoms. The van der Waals surface area contributed by atoms with Gasteiger partial charge in [-0.3, -0.25) is 0 Å². The van der Waals surface area contributed by atoms with Crippen LogP contribution in [0.2, 0.25) is 15.1 Å². The normalized spacial score (nSPS) is 10.3. The predicted octanol–water partition coefficient (Wildman–Crippen LogP) is 4.25. The van der Waals surface area contributed by atoms with E-state index >= 15 is 0 Å². The van der Waals surface area contributed by atoms with Crippen molar-refractivity contribution >= 4 is 59.4 Å². The van der Waals surface area contributed by atoms with E-state index in [9.17, 15) is 0 Å². The van der Waals surface area contributed by atoms with Gasteiger partial charge in [-0.15, -0.1) is 17.5 Å². The van der Waals surface area contributed by atoms with Crippen molar-refractivity contribution in [2.24, 2.45) is 21.7 Å². The zero-order chi connectivity index (χ0) is 16.8. The standard InChI is InChI=1S/C15H13Cl3N4O.ClH/c16-11-5-4-10(12(17)6-11)8-23-13-3-1-2-9(14(13)18)7-21-22-15(19)20;/h1-7H,8H2,(H4,19,20,22);1H/b21-7+;. The lowest BCUT2D eigenvalue weighted by atomic mass is 10.2. The minimum atomic E-state index is -0.137. The summed E-state index contributed by atoms with van der Waals surface area (Å²) in [5, 5.41) is 8.73. The Labute approximate surface area is 160 Å². The van der Waals surface area contributed by atoms with Gasteiger partial charge in [-0.2, -0.15) is 5.10 Å². The highest BCUT2D eigenvalue weighted by atomic mass is 35.5. The summed E-state index contributed by atoms with van der Waals surface area (Å²) < 4.78 is 5.71. The quantitative estimate of drug-likeness (QED) is 0.441. The Morgan fingerprint density at radius 3 is 2.54 bits per heavy atom. The second-order valence-corrected chi connectivity index (χ2v) is 5.67. The zero-order valence-electron chi connectivity index (χ0n) is 12.2. The Hall–Kier alpha value is -1.66. The summed E-state index contributed by atoms with van der Waals surface area (Å²) in [5.74, 6) is 0.355. The smallest absolute Gasteiger partial charge is 0.211 e. The number of nitrogens with two attached hydrogens (primary N) is 2. The Kier molecular flexibility index (Phi) is 8.15. The fraction of sp³-hybridized carbons (Fsp3) is 0.0667. The molecule has 0 aliphatic carbocycles. The van der Waals surface area contributed by atoms with E-state index in [0.717, 1.165) is 5.56 Å². The third-order valence-electron chi connectivity index (χ3n) is 2.76. The van der Waals surface area contributed by atoms with Crippen molar-refractivity contribution in [1.29, 1.82) is 0 Å². The van der Waals surface area contributed by atoms with Gasteiger partial charge in [-0.25, -0.2) is 0 Å². The molecule has 2 aromatic carbocycles. The molecule has 128 valence electrons. The van der Waals surface area contributed by atoms with Crippen LogP contribution in [0, 0.1) is 0 Å². The summed E-state index contributed by atoms with van der Waals surface area (Å²) in [4.78, 5) is 0. The van der Waals surface area contributed by atoms with Crippen LogP contribution < -0.4 is 16.2 Å². The van der Waals surface area contributed by atoms with Crippen LogP contribution >= 0.6 is 47.2 Å². The molecule has 0 spiro atoms. The molecule has 0 aliphatic heterocycles. The number of hydrogen-bond donors (Lipinski definition) is 2. The molecule has 0 atom stereocenters. The van der Waals surface area contributed by atoms with Crippen molar-refractivity contribution in [3.63, 3.8) is 0 Å². The number of halogens is 4. The molecule has 0 unspecified atom stereocenters. The van der Waals surface area contributed by atoms with Crippen LogP contribution in [0.3, 0.4) is 0 Å². The molecule has 0 saturated heterocycles. The number of benzene rings is 2. The summed E-state index contributed by atoms with van der Waals surface area (Å²) in [6, 6.07) is 10.5. The van der Waals surface area contributed by atoms with Crippen LogP contribution in [0.4, 0.5) is 0 Å². The van der Waals surface area contributed by atoms with E-state index in [2.05, 4.69) is 10.2 Å². The lowest BCUT2D eigenvalue weighted by molar-refractivity contribution is 0.306. The first kappa shape index (κ1) is 20.4. The van der Waals surface area contributed by atoms with Gasteiger partial charge in [0.05, 0.1) is 11.2 Å². The average molecular weight is 408 g/mol. The first-order valence-corrected chi connectivity index (χ1v) is 7.58. The molecule has 0 heterocycles. The molecule has 5 nitrogen and oxygen atoms in total. The summed E-state index contributed by atoms with van der Waals surface area (Å²) in [7, 11) is 0. The molecule has 0 radical (unpaired) electrons. The molecule has 4 N–H and O–H groups in total. The minimum Gasteiger partial charge on any atom is -0.487 e. The van der Waals surface area contributed by atoms with E-state index in [4.69, 9.17) is 51.0 Å².